The van der Waals surface area contributed by atoms with Gasteiger partial charge in [0.25, 0.3) is 0 Å². The second kappa shape index (κ2) is 8.21. The minimum Gasteiger partial charge on any atom is -0.361 e. The van der Waals surface area contributed by atoms with Gasteiger partial charge in [-0.15, -0.1) is 0 Å². The van der Waals surface area contributed by atoms with Gasteiger partial charge in [-0.1, -0.05) is 56.7 Å². The lowest BCUT2D eigenvalue weighted by Crippen LogP contribution is -2.44. The molecule has 0 aliphatic carbocycles. The van der Waals surface area contributed by atoms with Crippen LogP contribution in [0.25, 0.3) is 22.0 Å². The van der Waals surface area contributed by atoms with Gasteiger partial charge in [-0.3, -0.25) is 9.59 Å². The third-order valence-corrected chi connectivity index (χ3v) is 5.19. The lowest BCUT2D eigenvalue weighted by atomic mass is 9.95. The summed E-state index contributed by atoms with van der Waals surface area (Å²) in [4.78, 5) is 27.7. The van der Waals surface area contributed by atoms with E-state index in [1.807, 2.05) is 44.3 Å². The molecule has 0 bridgehead atoms. The lowest BCUT2D eigenvalue weighted by Gasteiger charge is -2.21. The predicted octanol–water partition coefficient (Wildman–Crippen LogP) is 4.50. The zero-order chi connectivity index (χ0) is 19.4. The van der Waals surface area contributed by atoms with Crippen LogP contribution in [0, 0.1) is 5.92 Å². The number of carbonyl (C=O) groups excluding carboxylic acids is 2. The molecule has 1 heterocycles. The highest BCUT2D eigenvalue weighted by molar-refractivity contribution is 5.93. The molecule has 0 spiro atoms. The van der Waals surface area contributed by atoms with Gasteiger partial charge in [0, 0.05) is 17.1 Å². The van der Waals surface area contributed by atoms with E-state index >= 15 is 0 Å². The van der Waals surface area contributed by atoms with Gasteiger partial charge >= 0.3 is 0 Å². The third-order valence-electron chi connectivity index (χ3n) is 5.19. The van der Waals surface area contributed by atoms with Crippen molar-refractivity contribution in [3.05, 3.63) is 60.3 Å². The van der Waals surface area contributed by atoms with Crippen molar-refractivity contribution in [1.29, 1.82) is 0 Å². The number of rotatable bonds is 7. The maximum absolute atomic E-state index is 12.6. The number of benzene rings is 2. The van der Waals surface area contributed by atoms with Gasteiger partial charge in [0.2, 0.25) is 5.91 Å². The topological polar surface area (TPSA) is 62.0 Å². The molecule has 1 aromatic heterocycles. The first-order valence-electron chi connectivity index (χ1n) is 9.44. The maximum Gasteiger partial charge on any atom is 0.225 e. The minimum absolute atomic E-state index is 0.00277. The number of aromatic nitrogens is 1. The summed E-state index contributed by atoms with van der Waals surface area (Å²) in [6.45, 7) is 5.55. The molecule has 3 rings (SSSR count). The van der Waals surface area contributed by atoms with Crippen LogP contribution in [0.3, 0.4) is 0 Å². The van der Waals surface area contributed by atoms with Crippen LogP contribution in [-0.4, -0.2) is 22.7 Å². The van der Waals surface area contributed by atoms with E-state index in [2.05, 4.69) is 34.6 Å². The third kappa shape index (κ3) is 4.27. The van der Waals surface area contributed by atoms with E-state index in [9.17, 15) is 9.59 Å². The Morgan fingerprint density at radius 1 is 1.07 bits per heavy atom. The fraction of sp³-hybridized carbons (Fsp3) is 0.304. The van der Waals surface area contributed by atoms with Crippen LogP contribution in [0.5, 0.6) is 0 Å². The van der Waals surface area contributed by atoms with Crippen molar-refractivity contribution in [3.63, 3.8) is 0 Å². The summed E-state index contributed by atoms with van der Waals surface area (Å²) in [7, 11) is 0. The Kier molecular flexibility index (Phi) is 5.75. The van der Waals surface area contributed by atoms with Crippen molar-refractivity contribution in [2.45, 2.75) is 39.7 Å². The summed E-state index contributed by atoms with van der Waals surface area (Å²) in [6, 6.07) is 16.0. The van der Waals surface area contributed by atoms with E-state index in [1.54, 1.807) is 0 Å². The first-order valence-corrected chi connectivity index (χ1v) is 9.44. The Hall–Kier alpha value is -2.88. The van der Waals surface area contributed by atoms with Crippen molar-refractivity contribution in [1.82, 2.24) is 10.3 Å². The van der Waals surface area contributed by atoms with Crippen molar-refractivity contribution in [2.75, 3.05) is 0 Å². The van der Waals surface area contributed by atoms with Crippen LogP contribution >= 0.6 is 0 Å². The average molecular weight is 362 g/mol. The molecule has 0 radical (unpaired) electrons. The summed E-state index contributed by atoms with van der Waals surface area (Å²) < 4.78 is 0. The van der Waals surface area contributed by atoms with Crippen LogP contribution < -0.4 is 5.32 Å². The van der Waals surface area contributed by atoms with Gasteiger partial charge in [0.05, 0.1) is 12.5 Å². The van der Waals surface area contributed by atoms with E-state index in [4.69, 9.17) is 0 Å². The summed E-state index contributed by atoms with van der Waals surface area (Å²) in [5.41, 5.74) is 4.20. The molecular weight excluding hydrogens is 336 g/mol. The van der Waals surface area contributed by atoms with Gasteiger partial charge in [0.1, 0.15) is 0 Å². The highest BCUT2D eigenvalue weighted by atomic mass is 16.2. The normalized spacial score (nSPS) is 13.3. The van der Waals surface area contributed by atoms with E-state index in [0.717, 1.165) is 34.0 Å². The minimum atomic E-state index is -0.424. The summed E-state index contributed by atoms with van der Waals surface area (Å²) in [6.07, 6.45) is 2.97. The number of amides is 1. The van der Waals surface area contributed by atoms with Crippen molar-refractivity contribution in [2.24, 2.45) is 5.92 Å². The number of ketones is 1. The second-order valence-corrected chi connectivity index (χ2v) is 7.16. The number of Topliss-reactive ketones (excluding diaryl/α,β-unsaturated/α-hetero) is 1. The van der Waals surface area contributed by atoms with Crippen molar-refractivity contribution < 1.29 is 9.59 Å². The summed E-state index contributed by atoms with van der Waals surface area (Å²) in [5, 5.41) is 3.95. The lowest BCUT2D eigenvalue weighted by molar-refractivity contribution is -0.127. The van der Waals surface area contributed by atoms with E-state index < -0.39 is 6.04 Å². The molecule has 0 saturated heterocycles. The van der Waals surface area contributed by atoms with Crippen LogP contribution in [-0.2, 0) is 16.0 Å². The van der Waals surface area contributed by atoms with Crippen LogP contribution in [0.1, 0.15) is 32.8 Å². The molecule has 0 saturated carbocycles. The molecule has 2 aromatic carbocycles. The number of fused-ring (bicyclic) bond motifs is 1. The van der Waals surface area contributed by atoms with Gasteiger partial charge in [-0.2, -0.15) is 0 Å². The van der Waals surface area contributed by atoms with E-state index in [0.29, 0.717) is 0 Å². The molecule has 0 aliphatic rings. The van der Waals surface area contributed by atoms with Crippen LogP contribution in [0.4, 0.5) is 0 Å². The molecule has 0 unspecified atom stereocenters. The molecule has 2 atom stereocenters. The first kappa shape index (κ1) is 18.9. The Morgan fingerprint density at radius 2 is 1.81 bits per heavy atom. The SMILES string of the molecule is CC[C@H](C)[C@H](NC(=O)Cc1c[nH]c2ccc(-c3ccccc3)cc12)C(C)=O. The van der Waals surface area contributed by atoms with E-state index in [1.165, 1.54) is 6.92 Å². The predicted molar refractivity (Wildman–Crippen MR) is 110 cm³/mol. The molecule has 0 aliphatic heterocycles. The Bertz CT molecular complexity index is 943. The summed E-state index contributed by atoms with van der Waals surface area (Å²) in [5.74, 6) is 0.00334. The Labute approximate surface area is 160 Å². The number of hydrogen-bond donors (Lipinski definition) is 2. The number of nitrogens with one attached hydrogen (secondary N) is 2. The monoisotopic (exact) mass is 362 g/mol. The molecule has 27 heavy (non-hydrogen) atoms. The largest absolute Gasteiger partial charge is 0.361 e. The van der Waals surface area contributed by atoms with Gasteiger partial charge in [0.15, 0.2) is 5.78 Å². The molecule has 0 fully saturated rings. The summed E-state index contributed by atoms with van der Waals surface area (Å²) >= 11 is 0. The molecule has 1 amide bonds. The van der Waals surface area contributed by atoms with Gasteiger partial charge < -0.3 is 10.3 Å². The van der Waals surface area contributed by atoms with Crippen LogP contribution in [0.2, 0.25) is 0 Å². The first-order chi connectivity index (χ1) is 13.0. The van der Waals surface area contributed by atoms with Gasteiger partial charge in [-0.05, 0) is 41.7 Å². The molecule has 3 aromatic rings. The fourth-order valence-corrected chi connectivity index (χ4v) is 3.41. The number of H-pyrrole nitrogens is 1. The van der Waals surface area contributed by atoms with E-state index in [-0.39, 0.29) is 24.0 Å². The number of carbonyl (C=O) groups is 2. The molecule has 140 valence electrons. The maximum atomic E-state index is 12.6. The second-order valence-electron chi connectivity index (χ2n) is 7.16. The zero-order valence-electron chi connectivity index (χ0n) is 16.1. The molecular formula is C23H26N2O2. The van der Waals surface area contributed by atoms with Crippen molar-refractivity contribution >= 4 is 22.6 Å². The average Bonchev–Trinajstić information content (AvgIpc) is 3.08. The quantitative estimate of drug-likeness (QED) is 0.650. The molecule has 4 nitrogen and oxygen atoms in total. The molecule has 2 N–H and O–H groups in total. The fourth-order valence-electron chi connectivity index (χ4n) is 3.41. The van der Waals surface area contributed by atoms with Crippen molar-refractivity contribution in [3.8, 4) is 11.1 Å². The number of hydrogen-bond acceptors (Lipinski definition) is 2. The van der Waals surface area contributed by atoms with Gasteiger partial charge in [-0.25, -0.2) is 0 Å². The highest BCUT2D eigenvalue weighted by Gasteiger charge is 2.23. The molecule has 4 heteroatoms. The standard InChI is InChI=1S/C23H26N2O2/c1-4-15(2)23(16(3)26)25-22(27)13-19-14-24-21-11-10-18(12-20(19)21)17-8-6-5-7-9-17/h5-12,14-15,23-24H,4,13H2,1-3H3,(H,25,27)/t15-,23-/m0/s1. The Morgan fingerprint density at radius 3 is 2.48 bits per heavy atom. The highest BCUT2D eigenvalue weighted by Crippen LogP contribution is 2.26. The number of aromatic amines is 1. The smallest absolute Gasteiger partial charge is 0.225 e. The van der Waals surface area contributed by atoms with Crippen LogP contribution in [0.15, 0.2) is 54.7 Å². The zero-order valence-corrected chi connectivity index (χ0v) is 16.1. The Balaban J connectivity index is 1.82.